The molecule has 0 saturated heterocycles. The van der Waals surface area contributed by atoms with Crippen LogP contribution >= 0.6 is 34.8 Å². The van der Waals surface area contributed by atoms with Crippen LogP contribution in [-0.4, -0.2) is 17.7 Å². The minimum Gasteiger partial charge on any atom is -0.348 e. The van der Waals surface area contributed by atoms with Crippen molar-refractivity contribution < 1.29 is 4.79 Å². The third kappa shape index (κ3) is 5.08. The molecule has 32 heavy (non-hydrogen) atoms. The van der Waals surface area contributed by atoms with Crippen LogP contribution in [0, 0.1) is 5.92 Å². The van der Waals surface area contributed by atoms with Gasteiger partial charge in [-0.1, -0.05) is 79.5 Å². The van der Waals surface area contributed by atoms with Crippen molar-refractivity contribution in [2.24, 2.45) is 11.0 Å². The zero-order valence-electron chi connectivity index (χ0n) is 18.2. The Morgan fingerprint density at radius 1 is 1.00 bits per heavy atom. The lowest BCUT2D eigenvalue weighted by Gasteiger charge is -2.29. The third-order valence-electron chi connectivity index (χ3n) is 6.44. The van der Waals surface area contributed by atoms with E-state index in [4.69, 9.17) is 39.9 Å². The average molecular weight is 493 g/mol. The van der Waals surface area contributed by atoms with Gasteiger partial charge < -0.3 is 5.32 Å². The molecule has 1 N–H and O–H groups in total. The number of nitrogens with one attached hydrogen (secondary N) is 1. The van der Waals surface area contributed by atoms with Crippen LogP contribution in [0.1, 0.15) is 63.5 Å². The van der Waals surface area contributed by atoms with Gasteiger partial charge in [0.25, 0.3) is 5.91 Å². The van der Waals surface area contributed by atoms with Crippen molar-refractivity contribution in [3.63, 3.8) is 0 Å². The van der Waals surface area contributed by atoms with E-state index in [1.807, 2.05) is 35.3 Å². The second kappa shape index (κ2) is 10.5. The summed E-state index contributed by atoms with van der Waals surface area (Å²) in [6, 6.07) is 13.1. The molecule has 4 nitrogen and oxygen atoms in total. The van der Waals surface area contributed by atoms with Crippen LogP contribution in [0.4, 0.5) is 5.69 Å². The van der Waals surface area contributed by atoms with Crippen LogP contribution in [0.15, 0.2) is 47.6 Å². The lowest BCUT2D eigenvalue weighted by molar-refractivity contribution is -0.115. The number of anilines is 1. The fraction of sp³-hybridized carbons (Fsp3) is 0.440. The average Bonchev–Trinajstić information content (AvgIpc) is 2.96. The van der Waals surface area contributed by atoms with E-state index in [1.165, 1.54) is 12.8 Å². The van der Waals surface area contributed by atoms with Gasteiger partial charge in [-0.2, -0.15) is 5.10 Å². The number of amides is 1. The van der Waals surface area contributed by atoms with Gasteiger partial charge in [-0.3, -0.25) is 9.80 Å². The molecule has 2 aromatic rings. The van der Waals surface area contributed by atoms with Crippen molar-refractivity contribution in [3.05, 3.63) is 63.1 Å². The van der Waals surface area contributed by atoms with E-state index >= 15 is 0 Å². The molecule has 0 bridgehead atoms. The molecule has 1 saturated carbocycles. The monoisotopic (exact) mass is 491 g/mol. The lowest BCUT2D eigenvalue weighted by atomic mass is 9.87. The standard InChI is InChI=1S/C25H28Cl3N3O/c1-2-20-23(25(32)29-19-7-5-3-4-6-8-19)30-31(22-14-13-18(27)15-21(22)28)24(20)16-9-11-17(26)12-10-16/h9-15,19-20,24H,2-8H2,1H3,(H,29,32). The molecule has 1 fully saturated rings. The largest absolute Gasteiger partial charge is 0.348 e. The fourth-order valence-corrected chi connectivity index (χ4v) is 5.41. The van der Waals surface area contributed by atoms with Gasteiger partial charge in [0.1, 0.15) is 5.71 Å². The fourth-order valence-electron chi connectivity index (χ4n) is 4.79. The smallest absolute Gasteiger partial charge is 0.268 e. The Morgan fingerprint density at radius 3 is 2.28 bits per heavy atom. The maximum Gasteiger partial charge on any atom is 0.268 e. The van der Waals surface area contributed by atoms with Crippen LogP contribution in [0.5, 0.6) is 0 Å². The molecular formula is C25H28Cl3N3O. The summed E-state index contributed by atoms with van der Waals surface area (Å²) in [5.74, 6) is -0.149. The summed E-state index contributed by atoms with van der Waals surface area (Å²) in [6.45, 7) is 2.09. The van der Waals surface area contributed by atoms with Crippen LogP contribution in [0.25, 0.3) is 0 Å². The number of nitrogens with zero attached hydrogens (tertiary/aromatic N) is 2. The highest BCUT2D eigenvalue weighted by Crippen LogP contribution is 2.43. The Kier molecular flexibility index (Phi) is 7.65. The van der Waals surface area contributed by atoms with Gasteiger partial charge in [-0.05, 0) is 55.2 Å². The molecule has 1 aliphatic heterocycles. The van der Waals surface area contributed by atoms with E-state index in [1.54, 1.807) is 12.1 Å². The Morgan fingerprint density at radius 2 is 1.66 bits per heavy atom. The Labute approximate surface area is 204 Å². The zero-order valence-corrected chi connectivity index (χ0v) is 20.4. The molecule has 2 unspecified atom stereocenters. The molecule has 4 rings (SSSR count). The minimum absolute atomic E-state index is 0.0738. The highest BCUT2D eigenvalue weighted by Gasteiger charge is 2.42. The molecule has 0 radical (unpaired) electrons. The van der Waals surface area contributed by atoms with Gasteiger partial charge in [-0.25, -0.2) is 0 Å². The molecule has 1 aliphatic carbocycles. The first kappa shape index (κ1) is 23.4. The summed E-state index contributed by atoms with van der Waals surface area (Å²) in [7, 11) is 0. The van der Waals surface area contributed by atoms with Crippen molar-refractivity contribution >= 4 is 52.1 Å². The number of hydrazone groups is 1. The number of halogens is 3. The molecule has 7 heteroatoms. The van der Waals surface area contributed by atoms with E-state index in [2.05, 4.69) is 12.2 Å². The normalized spacial score (nSPS) is 21.9. The minimum atomic E-state index is -0.161. The SMILES string of the molecule is CCC1C(C(=O)NC2CCCCCC2)=NN(c2ccc(Cl)cc2Cl)C1c1ccc(Cl)cc1. The van der Waals surface area contributed by atoms with Gasteiger partial charge in [-0.15, -0.1) is 0 Å². The van der Waals surface area contributed by atoms with E-state index in [-0.39, 0.29) is 23.9 Å². The first-order chi connectivity index (χ1) is 15.5. The third-order valence-corrected chi connectivity index (χ3v) is 7.23. The quantitative estimate of drug-likeness (QED) is 0.441. The van der Waals surface area contributed by atoms with E-state index in [0.717, 1.165) is 43.4 Å². The van der Waals surface area contributed by atoms with Crippen molar-refractivity contribution in [2.45, 2.75) is 64.0 Å². The van der Waals surface area contributed by atoms with Gasteiger partial charge >= 0.3 is 0 Å². The molecule has 0 aromatic heterocycles. The molecule has 2 aromatic carbocycles. The van der Waals surface area contributed by atoms with Gasteiger partial charge in [0.05, 0.1) is 16.8 Å². The second-order valence-corrected chi connectivity index (χ2v) is 9.88. The molecule has 2 aliphatic rings. The number of rotatable bonds is 5. The number of benzene rings is 2. The maximum atomic E-state index is 13.4. The molecule has 170 valence electrons. The van der Waals surface area contributed by atoms with Crippen LogP contribution in [0.3, 0.4) is 0 Å². The Balaban J connectivity index is 1.70. The zero-order chi connectivity index (χ0) is 22.7. The van der Waals surface area contributed by atoms with Crippen molar-refractivity contribution in [3.8, 4) is 0 Å². The van der Waals surface area contributed by atoms with Crippen LogP contribution < -0.4 is 10.3 Å². The molecular weight excluding hydrogens is 465 g/mol. The van der Waals surface area contributed by atoms with Crippen molar-refractivity contribution in [1.82, 2.24) is 5.32 Å². The van der Waals surface area contributed by atoms with Gasteiger partial charge in [0.2, 0.25) is 0 Å². The number of hydrogen-bond donors (Lipinski definition) is 1. The van der Waals surface area contributed by atoms with Gasteiger partial charge in [0.15, 0.2) is 0 Å². The Bertz CT molecular complexity index is 984. The van der Waals surface area contributed by atoms with Crippen LogP contribution in [0.2, 0.25) is 15.1 Å². The number of hydrogen-bond acceptors (Lipinski definition) is 3. The van der Waals surface area contributed by atoms with E-state index in [0.29, 0.717) is 20.8 Å². The van der Waals surface area contributed by atoms with Crippen molar-refractivity contribution in [2.75, 3.05) is 5.01 Å². The second-order valence-electron chi connectivity index (χ2n) is 8.60. The summed E-state index contributed by atoms with van der Waals surface area (Å²) in [5, 5.41) is 11.7. The summed E-state index contributed by atoms with van der Waals surface area (Å²) in [6.07, 6.45) is 7.64. The predicted octanol–water partition coefficient (Wildman–Crippen LogP) is 7.43. The number of carbonyl (C=O) groups is 1. The molecule has 2 atom stereocenters. The molecule has 1 amide bonds. The predicted molar refractivity (Wildman–Crippen MR) is 134 cm³/mol. The summed E-state index contributed by atoms with van der Waals surface area (Å²) in [5.41, 5.74) is 2.32. The Hall–Kier alpha value is -1.75. The van der Waals surface area contributed by atoms with Crippen molar-refractivity contribution in [1.29, 1.82) is 0 Å². The first-order valence-electron chi connectivity index (χ1n) is 11.4. The summed E-state index contributed by atoms with van der Waals surface area (Å²) >= 11 is 18.8. The topological polar surface area (TPSA) is 44.7 Å². The molecule has 0 spiro atoms. The lowest BCUT2D eigenvalue weighted by Crippen LogP contribution is -2.41. The maximum absolute atomic E-state index is 13.4. The highest BCUT2D eigenvalue weighted by atomic mass is 35.5. The highest BCUT2D eigenvalue weighted by molar-refractivity contribution is 6.41. The van der Waals surface area contributed by atoms with E-state index in [9.17, 15) is 4.79 Å². The first-order valence-corrected chi connectivity index (χ1v) is 12.5. The summed E-state index contributed by atoms with van der Waals surface area (Å²) < 4.78 is 0. The summed E-state index contributed by atoms with van der Waals surface area (Å²) in [4.78, 5) is 13.4. The van der Waals surface area contributed by atoms with Crippen LogP contribution in [-0.2, 0) is 4.79 Å². The van der Waals surface area contributed by atoms with E-state index < -0.39 is 0 Å². The number of carbonyl (C=O) groups excluding carboxylic acids is 1. The molecule has 1 heterocycles. The van der Waals surface area contributed by atoms with Gasteiger partial charge in [0, 0.05) is 22.0 Å².